The van der Waals surface area contributed by atoms with E-state index in [0.717, 1.165) is 30.1 Å². The van der Waals surface area contributed by atoms with E-state index in [1.807, 2.05) is 0 Å². The highest BCUT2D eigenvalue weighted by Gasteiger charge is 2.30. The van der Waals surface area contributed by atoms with Gasteiger partial charge >= 0.3 is 0 Å². The van der Waals surface area contributed by atoms with E-state index in [1.54, 1.807) is 6.08 Å². The van der Waals surface area contributed by atoms with E-state index in [2.05, 4.69) is 6.92 Å². The fourth-order valence-corrected chi connectivity index (χ4v) is 4.97. The quantitative estimate of drug-likeness (QED) is 0.409. The van der Waals surface area contributed by atoms with Gasteiger partial charge in [-0.15, -0.1) is 0 Å². The topological polar surface area (TPSA) is 0 Å². The molecule has 128 valence electrons. The Bertz CT molecular complexity index is 293. The van der Waals surface area contributed by atoms with Gasteiger partial charge in [-0.3, -0.25) is 0 Å². The summed E-state index contributed by atoms with van der Waals surface area (Å²) in [6, 6.07) is 0. The zero-order valence-corrected chi connectivity index (χ0v) is 14.7. The highest BCUT2D eigenvalue weighted by molar-refractivity contribution is 4.83. The molecular weight excluding hydrogens is 271 g/mol. The van der Waals surface area contributed by atoms with Crippen molar-refractivity contribution in [3.05, 3.63) is 12.4 Å². The van der Waals surface area contributed by atoms with Crippen molar-refractivity contribution < 1.29 is 4.39 Å². The molecule has 1 heteroatoms. The summed E-state index contributed by atoms with van der Waals surface area (Å²) in [4.78, 5) is 0. The first-order valence-electron chi connectivity index (χ1n) is 10.1. The van der Waals surface area contributed by atoms with Crippen LogP contribution in [-0.2, 0) is 0 Å². The van der Waals surface area contributed by atoms with Gasteiger partial charge in [0.05, 0.1) is 6.33 Å². The Kier molecular flexibility index (Phi) is 8.55. The summed E-state index contributed by atoms with van der Waals surface area (Å²) in [7, 11) is 0. The molecule has 0 atom stereocenters. The zero-order valence-electron chi connectivity index (χ0n) is 14.7. The molecule has 0 amide bonds. The summed E-state index contributed by atoms with van der Waals surface area (Å²) in [5, 5.41) is 0. The second-order valence-corrected chi connectivity index (χ2v) is 8.00. The smallest absolute Gasteiger partial charge is 0.0827 e. The number of rotatable bonds is 8. The minimum absolute atomic E-state index is 0.713. The van der Waals surface area contributed by atoms with Crippen LogP contribution in [0, 0.1) is 23.7 Å². The summed E-state index contributed by atoms with van der Waals surface area (Å²) < 4.78 is 12.0. The largest absolute Gasteiger partial charge is 0.216 e. The fourth-order valence-electron chi connectivity index (χ4n) is 4.97. The van der Waals surface area contributed by atoms with E-state index in [4.69, 9.17) is 0 Å². The lowest BCUT2D eigenvalue weighted by Gasteiger charge is -2.38. The van der Waals surface area contributed by atoms with Gasteiger partial charge in [-0.25, -0.2) is 4.39 Å². The molecular formula is C21H37F. The van der Waals surface area contributed by atoms with Gasteiger partial charge < -0.3 is 0 Å². The summed E-state index contributed by atoms with van der Waals surface area (Å²) in [5.74, 6) is 3.98. The summed E-state index contributed by atoms with van der Waals surface area (Å²) in [6.45, 7) is 2.31. The standard InChI is InChI=1S/C21H37F/c1-2-3-4-7-18-9-13-20(14-10-18)21-15-11-19(12-16-21)8-5-6-17-22/h6,17-21H,2-5,7-16H2,1H3/b17-6+/t18-,19?,20-,21?. The average Bonchev–Trinajstić information content (AvgIpc) is 2.57. The molecule has 0 spiro atoms. The van der Waals surface area contributed by atoms with Gasteiger partial charge in [0.25, 0.3) is 0 Å². The lowest BCUT2D eigenvalue weighted by molar-refractivity contribution is 0.140. The molecule has 0 N–H and O–H groups in total. The van der Waals surface area contributed by atoms with Crippen LogP contribution >= 0.6 is 0 Å². The number of hydrogen-bond acceptors (Lipinski definition) is 0. The van der Waals surface area contributed by atoms with Gasteiger partial charge in [0, 0.05) is 0 Å². The van der Waals surface area contributed by atoms with Gasteiger partial charge in [0.15, 0.2) is 0 Å². The maximum atomic E-state index is 12.0. The van der Waals surface area contributed by atoms with E-state index in [-0.39, 0.29) is 0 Å². The number of hydrogen-bond donors (Lipinski definition) is 0. The van der Waals surface area contributed by atoms with Crippen molar-refractivity contribution in [1.29, 1.82) is 0 Å². The van der Waals surface area contributed by atoms with Crippen molar-refractivity contribution in [1.82, 2.24) is 0 Å². The molecule has 0 aromatic rings. The predicted octanol–water partition coefficient (Wildman–Crippen LogP) is 7.44. The molecule has 0 unspecified atom stereocenters. The third kappa shape index (κ3) is 6.05. The van der Waals surface area contributed by atoms with Crippen molar-refractivity contribution in [3.8, 4) is 0 Å². The predicted molar refractivity (Wildman–Crippen MR) is 94.5 cm³/mol. The maximum Gasteiger partial charge on any atom is 0.0827 e. The molecule has 0 aromatic heterocycles. The fraction of sp³-hybridized carbons (Fsp3) is 0.905. The van der Waals surface area contributed by atoms with Gasteiger partial charge in [0.2, 0.25) is 0 Å². The van der Waals surface area contributed by atoms with E-state index in [9.17, 15) is 4.39 Å². The molecule has 22 heavy (non-hydrogen) atoms. The Morgan fingerprint density at radius 2 is 1.32 bits per heavy atom. The monoisotopic (exact) mass is 308 g/mol. The highest BCUT2D eigenvalue weighted by atomic mass is 19.1. The van der Waals surface area contributed by atoms with E-state index < -0.39 is 0 Å². The van der Waals surface area contributed by atoms with Crippen molar-refractivity contribution >= 4 is 0 Å². The Morgan fingerprint density at radius 1 is 0.773 bits per heavy atom. The second-order valence-electron chi connectivity index (χ2n) is 8.00. The van der Waals surface area contributed by atoms with Crippen LogP contribution in [0.15, 0.2) is 12.4 Å². The third-order valence-corrected chi connectivity index (χ3v) is 6.50. The van der Waals surface area contributed by atoms with Gasteiger partial charge in [-0.2, -0.15) is 0 Å². The number of unbranched alkanes of at least 4 members (excludes halogenated alkanes) is 2. The molecule has 2 aliphatic rings. The van der Waals surface area contributed by atoms with Crippen LogP contribution in [0.3, 0.4) is 0 Å². The summed E-state index contributed by atoms with van der Waals surface area (Å²) in [5.41, 5.74) is 0. The van der Waals surface area contributed by atoms with Crippen LogP contribution in [0.1, 0.15) is 96.8 Å². The first kappa shape index (κ1) is 18.0. The normalized spacial score (nSPS) is 33.4. The number of halogens is 1. The van der Waals surface area contributed by atoms with Crippen LogP contribution in [0.2, 0.25) is 0 Å². The van der Waals surface area contributed by atoms with Crippen LogP contribution in [0.25, 0.3) is 0 Å². The van der Waals surface area contributed by atoms with Gasteiger partial charge in [0.1, 0.15) is 0 Å². The minimum atomic E-state index is 0.713. The second kappa shape index (κ2) is 10.4. The molecule has 0 radical (unpaired) electrons. The van der Waals surface area contributed by atoms with E-state index >= 15 is 0 Å². The minimum Gasteiger partial charge on any atom is -0.216 e. The number of allylic oxidation sites excluding steroid dienone is 1. The van der Waals surface area contributed by atoms with Crippen LogP contribution in [0.5, 0.6) is 0 Å². The Hall–Kier alpha value is -0.330. The maximum absolute atomic E-state index is 12.0. The SMILES string of the molecule is CCCCC[C@H]1CC[C@H](C2CCC(CC/C=C/F)CC2)CC1. The molecule has 2 fully saturated rings. The molecule has 2 aliphatic carbocycles. The summed E-state index contributed by atoms with van der Waals surface area (Å²) in [6.07, 6.45) is 22.1. The molecule has 2 rings (SSSR count). The van der Waals surface area contributed by atoms with Gasteiger partial charge in [-0.05, 0) is 62.2 Å². The molecule has 0 heterocycles. The Morgan fingerprint density at radius 3 is 1.82 bits per heavy atom. The van der Waals surface area contributed by atoms with Crippen molar-refractivity contribution in [2.45, 2.75) is 96.8 Å². The first-order chi connectivity index (χ1) is 10.8. The Balaban J connectivity index is 1.60. The van der Waals surface area contributed by atoms with Crippen molar-refractivity contribution in [2.75, 3.05) is 0 Å². The summed E-state index contributed by atoms with van der Waals surface area (Å²) >= 11 is 0. The Labute approximate surface area is 138 Å². The molecule has 2 saturated carbocycles. The molecule has 0 nitrogen and oxygen atoms in total. The zero-order chi connectivity index (χ0) is 15.6. The third-order valence-electron chi connectivity index (χ3n) is 6.50. The van der Waals surface area contributed by atoms with Crippen LogP contribution in [-0.4, -0.2) is 0 Å². The average molecular weight is 309 g/mol. The van der Waals surface area contributed by atoms with E-state index in [1.165, 1.54) is 83.5 Å². The van der Waals surface area contributed by atoms with Crippen LogP contribution < -0.4 is 0 Å². The van der Waals surface area contributed by atoms with Gasteiger partial charge in [-0.1, -0.05) is 64.4 Å². The van der Waals surface area contributed by atoms with Crippen LogP contribution in [0.4, 0.5) is 4.39 Å². The van der Waals surface area contributed by atoms with E-state index in [0.29, 0.717) is 6.33 Å². The first-order valence-corrected chi connectivity index (χ1v) is 10.1. The van der Waals surface area contributed by atoms with Crippen molar-refractivity contribution in [3.63, 3.8) is 0 Å². The highest BCUT2D eigenvalue weighted by Crippen LogP contribution is 2.43. The molecule has 0 aromatic carbocycles. The molecule has 0 aliphatic heterocycles. The lowest BCUT2D eigenvalue weighted by Crippen LogP contribution is -2.25. The van der Waals surface area contributed by atoms with Crippen molar-refractivity contribution in [2.24, 2.45) is 23.7 Å². The lowest BCUT2D eigenvalue weighted by atomic mass is 9.68. The molecule has 0 bridgehead atoms. The molecule has 0 saturated heterocycles.